The number of nitrogens with zero attached hydrogens (tertiary/aromatic N) is 1. The Labute approximate surface area is 168 Å². The zero-order valence-corrected chi connectivity index (χ0v) is 16.1. The van der Waals surface area contributed by atoms with Gasteiger partial charge in [0.2, 0.25) is 5.78 Å². The molecule has 0 saturated carbocycles. The molecule has 1 heterocycles. The number of hydrogen-bond acceptors (Lipinski definition) is 6. The summed E-state index contributed by atoms with van der Waals surface area (Å²) >= 11 is 3.41. The number of nitro groups is 1. The van der Waals surface area contributed by atoms with Crippen molar-refractivity contribution >= 4 is 27.5 Å². The van der Waals surface area contributed by atoms with Gasteiger partial charge >= 0.3 is 5.70 Å². The summed E-state index contributed by atoms with van der Waals surface area (Å²) in [6, 6.07) is 13.3. The highest BCUT2D eigenvalue weighted by Gasteiger charge is 2.49. The number of ether oxygens (including phenoxy) is 1. The molecule has 1 N–H and O–H groups in total. The Morgan fingerprint density at radius 2 is 1.64 bits per heavy atom. The lowest BCUT2D eigenvalue weighted by atomic mass is 9.77. The van der Waals surface area contributed by atoms with Crippen LogP contribution in [0.25, 0.3) is 0 Å². The van der Waals surface area contributed by atoms with E-state index in [2.05, 4.69) is 21.2 Å². The Hall–Kier alpha value is -3.26. The summed E-state index contributed by atoms with van der Waals surface area (Å²) in [5.74, 6) is -2.34. The molecule has 0 fully saturated rings. The first-order valence-corrected chi connectivity index (χ1v) is 9.16. The summed E-state index contributed by atoms with van der Waals surface area (Å²) in [6.45, 7) is 0. The second-order valence-corrected chi connectivity index (χ2v) is 7.08. The molecule has 2 aliphatic rings. The van der Waals surface area contributed by atoms with Crippen molar-refractivity contribution in [2.24, 2.45) is 0 Å². The highest BCUT2D eigenvalue weighted by molar-refractivity contribution is 9.10. The lowest BCUT2D eigenvalue weighted by Crippen LogP contribution is -2.35. The van der Waals surface area contributed by atoms with Crippen LogP contribution in [0.1, 0.15) is 32.2 Å². The minimum atomic E-state index is -1.07. The van der Waals surface area contributed by atoms with Crippen molar-refractivity contribution in [2.45, 2.75) is 5.92 Å². The first kappa shape index (κ1) is 18.1. The monoisotopic (exact) mass is 440 g/mol. The van der Waals surface area contributed by atoms with E-state index in [1.54, 1.807) is 48.5 Å². The van der Waals surface area contributed by atoms with Crippen LogP contribution in [0.2, 0.25) is 0 Å². The minimum Gasteiger partial charge on any atom is -0.431 e. The van der Waals surface area contributed by atoms with E-state index in [4.69, 9.17) is 4.74 Å². The number of nitrogens with one attached hydrogen (secondary N) is 1. The lowest BCUT2D eigenvalue weighted by Gasteiger charge is -2.30. The maximum Gasteiger partial charge on any atom is 0.317 e. The van der Waals surface area contributed by atoms with Crippen molar-refractivity contribution < 1.29 is 19.2 Å². The molecular formula is C20H13BrN2O5. The number of Topliss-reactive ketones (excluding diaryl/α,β-unsaturated/α-hetero) is 2. The van der Waals surface area contributed by atoms with Crippen LogP contribution in [0.15, 0.2) is 75.9 Å². The third-order valence-corrected chi connectivity index (χ3v) is 5.47. The van der Waals surface area contributed by atoms with Crippen molar-refractivity contribution in [3.8, 4) is 0 Å². The van der Waals surface area contributed by atoms with Crippen molar-refractivity contribution in [2.75, 3.05) is 7.05 Å². The smallest absolute Gasteiger partial charge is 0.317 e. The molecule has 1 aliphatic carbocycles. The normalized spacial score (nSPS) is 18.4. The van der Waals surface area contributed by atoms with Crippen LogP contribution in [0.5, 0.6) is 0 Å². The van der Waals surface area contributed by atoms with Crippen LogP contribution in [-0.2, 0) is 4.74 Å². The van der Waals surface area contributed by atoms with Gasteiger partial charge in [-0.1, -0.05) is 58.4 Å². The summed E-state index contributed by atoms with van der Waals surface area (Å²) in [5, 5.41) is 14.6. The zero-order valence-electron chi connectivity index (χ0n) is 14.6. The molecule has 8 heteroatoms. The van der Waals surface area contributed by atoms with Gasteiger partial charge in [-0.3, -0.25) is 19.7 Å². The maximum absolute atomic E-state index is 13.3. The molecule has 1 atom stereocenters. The molecule has 140 valence electrons. The molecule has 0 amide bonds. The molecule has 0 bridgehead atoms. The van der Waals surface area contributed by atoms with Crippen LogP contribution in [-0.4, -0.2) is 23.5 Å². The van der Waals surface area contributed by atoms with Gasteiger partial charge in [0.25, 0.3) is 5.88 Å². The fourth-order valence-corrected chi connectivity index (χ4v) is 4.05. The first-order chi connectivity index (χ1) is 13.5. The number of rotatable bonds is 3. The van der Waals surface area contributed by atoms with Crippen LogP contribution < -0.4 is 5.32 Å². The number of carbonyl (C=O) groups is 2. The van der Waals surface area contributed by atoms with E-state index in [1.807, 2.05) is 0 Å². The number of carbonyl (C=O) groups excluding carboxylic acids is 2. The quantitative estimate of drug-likeness (QED) is 0.578. The molecule has 1 unspecified atom stereocenters. The highest BCUT2D eigenvalue weighted by atomic mass is 79.9. The predicted molar refractivity (Wildman–Crippen MR) is 103 cm³/mol. The first-order valence-electron chi connectivity index (χ1n) is 8.36. The van der Waals surface area contributed by atoms with Gasteiger partial charge in [-0.2, -0.15) is 0 Å². The number of benzene rings is 2. The maximum atomic E-state index is 13.3. The third kappa shape index (κ3) is 2.56. The van der Waals surface area contributed by atoms with Gasteiger partial charge in [0.05, 0.1) is 10.5 Å². The van der Waals surface area contributed by atoms with Gasteiger partial charge in [0.1, 0.15) is 5.92 Å². The number of halogens is 1. The second-order valence-electron chi connectivity index (χ2n) is 6.22. The van der Waals surface area contributed by atoms with Gasteiger partial charge < -0.3 is 10.1 Å². The van der Waals surface area contributed by atoms with Crippen LogP contribution in [0.3, 0.4) is 0 Å². The predicted octanol–water partition coefficient (Wildman–Crippen LogP) is 3.56. The molecule has 4 rings (SSSR count). The summed E-state index contributed by atoms with van der Waals surface area (Å²) in [5.41, 5.74) is 0.577. The molecule has 0 aromatic heterocycles. The van der Waals surface area contributed by atoms with E-state index in [1.165, 1.54) is 7.05 Å². The second kappa shape index (κ2) is 6.72. The largest absolute Gasteiger partial charge is 0.431 e. The Kier molecular flexibility index (Phi) is 4.35. The van der Waals surface area contributed by atoms with Gasteiger partial charge in [0.15, 0.2) is 11.5 Å². The van der Waals surface area contributed by atoms with Gasteiger partial charge in [-0.15, -0.1) is 0 Å². The topological polar surface area (TPSA) is 98.5 Å². The van der Waals surface area contributed by atoms with E-state index in [0.29, 0.717) is 10.0 Å². The average Bonchev–Trinajstić information content (AvgIpc) is 2.70. The fourth-order valence-electron chi connectivity index (χ4n) is 3.54. The van der Waals surface area contributed by atoms with E-state index in [0.717, 1.165) is 0 Å². The summed E-state index contributed by atoms with van der Waals surface area (Å²) < 4.78 is 6.15. The summed E-state index contributed by atoms with van der Waals surface area (Å²) in [7, 11) is 1.46. The molecule has 0 spiro atoms. The van der Waals surface area contributed by atoms with Gasteiger partial charge in [-0.25, -0.2) is 0 Å². The molecule has 2 aromatic rings. The van der Waals surface area contributed by atoms with E-state index >= 15 is 0 Å². The molecule has 1 aliphatic heterocycles. The molecule has 0 radical (unpaired) electrons. The van der Waals surface area contributed by atoms with E-state index in [-0.39, 0.29) is 34.0 Å². The Morgan fingerprint density at radius 3 is 2.25 bits per heavy atom. The van der Waals surface area contributed by atoms with Crippen LogP contribution in [0.4, 0.5) is 0 Å². The number of fused-ring (bicyclic) bond motifs is 1. The minimum absolute atomic E-state index is 0.0266. The Morgan fingerprint density at radius 1 is 1.04 bits per heavy atom. The van der Waals surface area contributed by atoms with Crippen molar-refractivity contribution in [1.29, 1.82) is 0 Å². The Bertz CT molecular complexity index is 1120. The Balaban J connectivity index is 2.03. The molecular weight excluding hydrogens is 428 g/mol. The standard InChI is InChI=1S/C20H13BrN2O5/c1-22-20-16(23(26)27)14(12-8-4-5-9-13(12)21)15-17(24)10-6-2-3-7-11(10)18(25)19(15)28-20/h2-9,14,22H,1H3. The third-order valence-electron chi connectivity index (χ3n) is 4.75. The van der Waals surface area contributed by atoms with Crippen LogP contribution >= 0.6 is 15.9 Å². The van der Waals surface area contributed by atoms with E-state index in [9.17, 15) is 19.7 Å². The van der Waals surface area contributed by atoms with Gasteiger partial charge in [-0.05, 0) is 11.6 Å². The average molecular weight is 441 g/mol. The van der Waals surface area contributed by atoms with E-state index < -0.39 is 22.4 Å². The number of ketones is 2. The molecule has 28 heavy (non-hydrogen) atoms. The molecule has 7 nitrogen and oxygen atoms in total. The zero-order chi connectivity index (χ0) is 20.0. The molecule has 0 saturated heterocycles. The van der Waals surface area contributed by atoms with Gasteiger partial charge in [0, 0.05) is 22.6 Å². The molecule has 2 aromatic carbocycles. The van der Waals surface area contributed by atoms with Crippen molar-refractivity contribution in [3.63, 3.8) is 0 Å². The fraction of sp³-hybridized carbons (Fsp3) is 0.100. The van der Waals surface area contributed by atoms with Crippen molar-refractivity contribution in [1.82, 2.24) is 5.32 Å². The SMILES string of the molecule is CNC1=C([N+](=O)[O-])C(c2ccccc2Br)C2=C(O1)C(=O)c1ccccc1C2=O. The summed E-state index contributed by atoms with van der Waals surface area (Å²) in [4.78, 5) is 37.6. The number of hydrogen-bond donors (Lipinski definition) is 1. The number of allylic oxidation sites excluding steroid dienone is 2. The van der Waals surface area contributed by atoms with Crippen molar-refractivity contribution in [3.05, 3.63) is 103 Å². The highest BCUT2D eigenvalue weighted by Crippen LogP contribution is 2.46. The summed E-state index contributed by atoms with van der Waals surface area (Å²) in [6.07, 6.45) is 0. The van der Waals surface area contributed by atoms with Crippen LogP contribution in [0, 0.1) is 10.1 Å². The lowest BCUT2D eigenvalue weighted by molar-refractivity contribution is -0.433.